The van der Waals surface area contributed by atoms with Gasteiger partial charge in [-0.1, -0.05) is 30.3 Å². The monoisotopic (exact) mass is 249 g/mol. The van der Waals surface area contributed by atoms with Crippen molar-refractivity contribution in [1.82, 2.24) is 14.8 Å². The Morgan fingerprint density at radius 3 is 2.71 bits per heavy atom. The summed E-state index contributed by atoms with van der Waals surface area (Å²) in [6.07, 6.45) is 3.50. The molecule has 17 heavy (non-hydrogen) atoms. The Balaban J connectivity index is 2.26. The number of rotatable bonds is 5. The van der Waals surface area contributed by atoms with E-state index in [9.17, 15) is 4.79 Å². The van der Waals surface area contributed by atoms with Crippen molar-refractivity contribution in [3.05, 3.63) is 48.5 Å². The highest BCUT2D eigenvalue weighted by Gasteiger charge is 2.21. The number of carbonyl (C=O) groups excluding carboxylic acids is 1. The summed E-state index contributed by atoms with van der Waals surface area (Å²) >= 11 is 5.73. The Morgan fingerprint density at radius 1 is 1.35 bits per heavy atom. The maximum absolute atomic E-state index is 12.3. The highest BCUT2D eigenvalue weighted by molar-refractivity contribution is 6.18. The minimum Gasteiger partial charge on any atom is -0.292 e. The average Bonchev–Trinajstić information content (AvgIpc) is 2.90. The second-order valence-corrected chi connectivity index (χ2v) is 3.98. The molecule has 1 heterocycles. The predicted molar refractivity (Wildman–Crippen MR) is 65.2 cm³/mol. The third-order valence-electron chi connectivity index (χ3n) is 2.50. The lowest BCUT2D eigenvalue weighted by Gasteiger charge is -2.14. The van der Waals surface area contributed by atoms with Crippen LogP contribution in [0.5, 0.6) is 0 Å². The lowest BCUT2D eigenvalue weighted by molar-refractivity contribution is 0.0914. The van der Waals surface area contributed by atoms with E-state index in [0.29, 0.717) is 17.9 Å². The van der Waals surface area contributed by atoms with Gasteiger partial charge in [0.25, 0.3) is 0 Å². The number of halogens is 1. The van der Waals surface area contributed by atoms with Gasteiger partial charge in [0.15, 0.2) is 5.78 Å². The van der Waals surface area contributed by atoms with Crippen molar-refractivity contribution in [2.75, 3.05) is 5.88 Å². The second-order valence-electron chi connectivity index (χ2n) is 3.60. The van der Waals surface area contributed by atoms with Crippen LogP contribution in [0.25, 0.3) is 0 Å². The number of benzene rings is 1. The summed E-state index contributed by atoms with van der Waals surface area (Å²) in [6, 6.07) is 8.76. The van der Waals surface area contributed by atoms with E-state index in [1.54, 1.807) is 16.8 Å². The molecule has 0 aliphatic heterocycles. The molecule has 2 rings (SSSR count). The maximum atomic E-state index is 12.3. The maximum Gasteiger partial charge on any atom is 0.187 e. The fraction of sp³-hybridized carbons (Fsp3) is 0.250. The Labute approximate surface area is 104 Å². The van der Waals surface area contributed by atoms with E-state index < -0.39 is 0 Å². The highest BCUT2D eigenvalue weighted by Crippen LogP contribution is 2.17. The van der Waals surface area contributed by atoms with Crippen molar-refractivity contribution >= 4 is 17.4 Å². The molecule has 0 saturated heterocycles. The van der Waals surface area contributed by atoms with Crippen LogP contribution in [0.1, 0.15) is 22.8 Å². The molecule has 1 unspecified atom stereocenters. The zero-order valence-electron chi connectivity index (χ0n) is 9.16. The molecular weight excluding hydrogens is 238 g/mol. The summed E-state index contributed by atoms with van der Waals surface area (Å²) in [5.74, 6) is 0.417. The first-order valence-electron chi connectivity index (χ1n) is 5.32. The quantitative estimate of drug-likeness (QED) is 0.604. The molecule has 1 aromatic heterocycles. The zero-order valence-corrected chi connectivity index (χ0v) is 9.92. The van der Waals surface area contributed by atoms with Gasteiger partial charge >= 0.3 is 0 Å². The first kappa shape index (κ1) is 11.8. The van der Waals surface area contributed by atoms with Crippen molar-refractivity contribution < 1.29 is 4.79 Å². The van der Waals surface area contributed by atoms with Gasteiger partial charge in [-0.2, -0.15) is 5.10 Å². The van der Waals surface area contributed by atoms with Crippen LogP contribution < -0.4 is 0 Å². The predicted octanol–water partition coefficient (Wildman–Crippen LogP) is 2.33. The molecule has 2 aromatic rings. The van der Waals surface area contributed by atoms with E-state index in [0.717, 1.165) is 0 Å². The van der Waals surface area contributed by atoms with E-state index in [-0.39, 0.29) is 11.8 Å². The lowest BCUT2D eigenvalue weighted by Crippen LogP contribution is -2.20. The molecule has 0 saturated carbocycles. The standard InChI is InChI=1S/C12H12ClN3O/c13-7-6-11(16-9-14-8-15-16)12(17)10-4-2-1-3-5-10/h1-5,8-9,11H,6-7H2. The van der Waals surface area contributed by atoms with Crippen molar-refractivity contribution in [2.24, 2.45) is 0 Å². The van der Waals surface area contributed by atoms with Gasteiger partial charge in [0.05, 0.1) is 0 Å². The third-order valence-corrected chi connectivity index (χ3v) is 2.72. The number of ketones is 1. The van der Waals surface area contributed by atoms with E-state index in [2.05, 4.69) is 10.1 Å². The van der Waals surface area contributed by atoms with Crippen LogP contribution in [0, 0.1) is 0 Å². The Bertz CT molecular complexity index is 470. The summed E-state index contributed by atoms with van der Waals surface area (Å²) in [5, 5.41) is 4.01. The molecule has 0 aliphatic carbocycles. The number of nitrogens with zero attached hydrogens (tertiary/aromatic N) is 3. The number of aromatic nitrogens is 3. The van der Waals surface area contributed by atoms with Crippen LogP contribution >= 0.6 is 11.6 Å². The van der Waals surface area contributed by atoms with Crippen LogP contribution in [-0.4, -0.2) is 26.4 Å². The average molecular weight is 250 g/mol. The fourth-order valence-electron chi connectivity index (χ4n) is 1.66. The van der Waals surface area contributed by atoms with Crippen LogP contribution in [0.4, 0.5) is 0 Å². The van der Waals surface area contributed by atoms with Crippen molar-refractivity contribution in [2.45, 2.75) is 12.5 Å². The molecule has 88 valence electrons. The van der Waals surface area contributed by atoms with Gasteiger partial charge < -0.3 is 0 Å². The van der Waals surface area contributed by atoms with Crippen LogP contribution in [0.3, 0.4) is 0 Å². The first-order chi connectivity index (χ1) is 8.33. The minimum absolute atomic E-state index is 0.0109. The van der Waals surface area contributed by atoms with Gasteiger partial charge in [-0.3, -0.25) is 4.79 Å². The Morgan fingerprint density at radius 2 is 2.12 bits per heavy atom. The third kappa shape index (κ3) is 2.71. The number of hydrogen-bond donors (Lipinski definition) is 0. The van der Waals surface area contributed by atoms with Gasteiger partial charge in [-0.25, -0.2) is 9.67 Å². The van der Waals surface area contributed by atoms with Crippen LogP contribution in [0.2, 0.25) is 0 Å². The zero-order chi connectivity index (χ0) is 12.1. The van der Waals surface area contributed by atoms with Crippen molar-refractivity contribution in [3.63, 3.8) is 0 Å². The van der Waals surface area contributed by atoms with E-state index >= 15 is 0 Å². The molecule has 0 spiro atoms. The summed E-state index contributed by atoms with van der Waals surface area (Å²) in [7, 11) is 0. The molecule has 0 aliphatic rings. The highest BCUT2D eigenvalue weighted by atomic mass is 35.5. The SMILES string of the molecule is O=C(c1ccccc1)C(CCCl)n1cncn1. The van der Waals surface area contributed by atoms with Gasteiger partial charge in [-0.05, 0) is 6.42 Å². The first-order valence-corrected chi connectivity index (χ1v) is 5.85. The molecule has 0 radical (unpaired) electrons. The smallest absolute Gasteiger partial charge is 0.187 e. The molecule has 0 fully saturated rings. The summed E-state index contributed by atoms with van der Waals surface area (Å²) < 4.78 is 1.55. The van der Waals surface area contributed by atoms with E-state index in [1.807, 2.05) is 18.2 Å². The number of carbonyl (C=O) groups is 1. The molecule has 5 heteroatoms. The molecule has 0 bridgehead atoms. The van der Waals surface area contributed by atoms with Gasteiger partial charge in [0, 0.05) is 11.4 Å². The number of hydrogen-bond acceptors (Lipinski definition) is 3. The molecule has 0 N–H and O–H groups in total. The summed E-state index contributed by atoms with van der Waals surface area (Å²) in [4.78, 5) is 16.1. The van der Waals surface area contributed by atoms with Crippen molar-refractivity contribution in [3.8, 4) is 0 Å². The van der Waals surface area contributed by atoms with Gasteiger partial charge in [0.1, 0.15) is 18.7 Å². The van der Waals surface area contributed by atoms with Crippen molar-refractivity contribution in [1.29, 1.82) is 0 Å². The largest absolute Gasteiger partial charge is 0.292 e. The van der Waals surface area contributed by atoms with Gasteiger partial charge in [0.2, 0.25) is 0 Å². The van der Waals surface area contributed by atoms with E-state index in [1.165, 1.54) is 12.7 Å². The number of Topliss-reactive ketones (excluding diaryl/α,β-unsaturated/α-hetero) is 1. The molecule has 4 nitrogen and oxygen atoms in total. The Kier molecular flexibility index (Phi) is 3.88. The molecule has 1 atom stereocenters. The van der Waals surface area contributed by atoms with Crippen LogP contribution in [0.15, 0.2) is 43.0 Å². The Hall–Kier alpha value is -1.68. The minimum atomic E-state index is -0.377. The summed E-state index contributed by atoms with van der Waals surface area (Å²) in [6.45, 7) is 0. The number of alkyl halides is 1. The molecule has 0 amide bonds. The van der Waals surface area contributed by atoms with Crippen LogP contribution in [-0.2, 0) is 0 Å². The molecule has 1 aromatic carbocycles. The normalized spacial score (nSPS) is 12.3. The lowest BCUT2D eigenvalue weighted by atomic mass is 10.0. The van der Waals surface area contributed by atoms with Gasteiger partial charge in [-0.15, -0.1) is 11.6 Å². The fourth-order valence-corrected chi connectivity index (χ4v) is 1.87. The van der Waals surface area contributed by atoms with E-state index in [4.69, 9.17) is 11.6 Å². The topological polar surface area (TPSA) is 47.8 Å². The summed E-state index contributed by atoms with van der Waals surface area (Å²) in [5.41, 5.74) is 0.665. The second kappa shape index (κ2) is 5.59. The molecular formula is C12H12ClN3O.